The lowest BCUT2D eigenvalue weighted by Gasteiger charge is -2.32. The molecule has 0 bridgehead atoms. The summed E-state index contributed by atoms with van der Waals surface area (Å²) >= 11 is 1.89. The second-order valence-electron chi connectivity index (χ2n) is 5.42. The van der Waals surface area contributed by atoms with Gasteiger partial charge in [-0.3, -0.25) is 0 Å². The quantitative estimate of drug-likeness (QED) is 0.923. The molecule has 0 radical (unpaired) electrons. The van der Waals surface area contributed by atoms with Crippen molar-refractivity contribution in [2.24, 2.45) is 0 Å². The molecule has 2 aliphatic rings. The number of hydrogen-bond donors (Lipinski definition) is 1. The Kier molecular flexibility index (Phi) is 4.05. The van der Waals surface area contributed by atoms with E-state index in [1.165, 1.54) is 35.0 Å². The van der Waals surface area contributed by atoms with E-state index in [9.17, 15) is 0 Å². The van der Waals surface area contributed by atoms with Crippen molar-refractivity contribution in [3.63, 3.8) is 0 Å². The first-order chi connectivity index (χ1) is 9.29. The summed E-state index contributed by atoms with van der Waals surface area (Å²) in [7, 11) is 0. The summed E-state index contributed by atoms with van der Waals surface area (Å²) in [5.74, 6) is 0. The summed E-state index contributed by atoms with van der Waals surface area (Å²) in [5.41, 5.74) is 1.31. The summed E-state index contributed by atoms with van der Waals surface area (Å²) in [6, 6.07) is 0.911. The van der Waals surface area contributed by atoms with E-state index in [1.807, 2.05) is 11.3 Å². The van der Waals surface area contributed by atoms with Gasteiger partial charge in [0.15, 0.2) is 5.13 Å². The Morgan fingerprint density at radius 2 is 2.42 bits per heavy atom. The molecule has 2 unspecified atom stereocenters. The lowest BCUT2D eigenvalue weighted by Crippen LogP contribution is -2.43. The number of aromatic nitrogens is 1. The van der Waals surface area contributed by atoms with Gasteiger partial charge in [0.25, 0.3) is 0 Å². The summed E-state index contributed by atoms with van der Waals surface area (Å²) in [6.07, 6.45) is 3.71. The van der Waals surface area contributed by atoms with E-state index in [4.69, 9.17) is 9.72 Å². The molecular formula is C14H23N3OS. The smallest absolute Gasteiger partial charge is 0.186 e. The molecule has 0 aromatic carbocycles. The number of nitrogens with one attached hydrogen (secondary N) is 1. The van der Waals surface area contributed by atoms with Crippen LogP contribution in [0.2, 0.25) is 0 Å². The maximum Gasteiger partial charge on any atom is 0.186 e. The van der Waals surface area contributed by atoms with Gasteiger partial charge in [0.2, 0.25) is 0 Å². The first-order valence-electron chi connectivity index (χ1n) is 7.37. The predicted molar refractivity (Wildman–Crippen MR) is 79.1 cm³/mol. The number of nitrogens with zero attached hydrogens (tertiary/aromatic N) is 2. The molecule has 1 aliphatic carbocycles. The number of ether oxygens (including phenoxy) is 1. The molecule has 5 heteroatoms. The molecule has 0 saturated carbocycles. The second kappa shape index (κ2) is 5.77. The molecule has 0 spiro atoms. The standard InChI is InChI=1S/C14H23N3OS/c1-3-15-11-5-4-6-12-13(11)16-14(19-12)17-7-8-18-9-10(17)2/h10-11,15H,3-9H2,1-2H3. The average molecular weight is 281 g/mol. The topological polar surface area (TPSA) is 37.4 Å². The molecule has 106 valence electrons. The summed E-state index contributed by atoms with van der Waals surface area (Å²) in [4.78, 5) is 8.86. The molecule has 1 aromatic heterocycles. The van der Waals surface area contributed by atoms with Crippen LogP contribution in [0.1, 0.15) is 43.3 Å². The van der Waals surface area contributed by atoms with Crippen molar-refractivity contribution < 1.29 is 4.74 Å². The van der Waals surface area contributed by atoms with Crippen LogP contribution in [0.3, 0.4) is 0 Å². The predicted octanol–water partition coefficient (Wildman–Crippen LogP) is 2.36. The van der Waals surface area contributed by atoms with Crippen molar-refractivity contribution in [3.8, 4) is 0 Å². The molecule has 3 rings (SSSR count). The highest BCUT2D eigenvalue weighted by atomic mass is 32.1. The molecule has 2 heterocycles. The second-order valence-corrected chi connectivity index (χ2v) is 6.49. The van der Waals surface area contributed by atoms with Crippen LogP contribution in [0.25, 0.3) is 0 Å². The summed E-state index contributed by atoms with van der Waals surface area (Å²) in [5, 5.41) is 4.77. The monoisotopic (exact) mass is 281 g/mol. The number of morpholine rings is 1. The van der Waals surface area contributed by atoms with E-state index >= 15 is 0 Å². The van der Waals surface area contributed by atoms with E-state index in [0.29, 0.717) is 12.1 Å². The third kappa shape index (κ3) is 2.64. The van der Waals surface area contributed by atoms with Crippen LogP contribution in [-0.2, 0) is 11.2 Å². The fourth-order valence-electron chi connectivity index (χ4n) is 2.98. The minimum absolute atomic E-state index is 0.443. The van der Waals surface area contributed by atoms with Crippen molar-refractivity contribution in [1.82, 2.24) is 10.3 Å². The molecule has 1 aliphatic heterocycles. The Bertz CT molecular complexity index is 434. The van der Waals surface area contributed by atoms with Gasteiger partial charge in [-0.1, -0.05) is 6.92 Å². The molecule has 19 heavy (non-hydrogen) atoms. The van der Waals surface area contributed by atoms with Gasteiger partial charge in [0.05, 0.1) is 31.0 Å². The molecule has 2 atom stereocenters. The van der Waals surface area contributed by atoms with Gasteiger partial charge in [0, 0.05) is 11.4 Å². The fraction of sp³-hybridized carbons (Fsp3) is 0.786. The molecule has 1 fully saturated rings. The average Bonchev–Trinajstić information content (AvgIpc) is 2.84. The maximum absolute atomic E-state index is 5.52. The van der Waals surface area contributed by atoms with Crippen LogP contribution in [-0.4, -0.2) is 37.3 Å². The Balaban J connectivity index is 1.84. The van der Waals surface area contributed by atoms with Gasteiger partial charge in [-0.2, -0.15) is 0 Å². The molecule has 0 amide bonds. The zero-order chi connectivity index (χ0) is 13.2. The van der Waals surface area contributed by atoms with Crippen molar-refractivity contribution in [3.05, 3.63) is 10.6 Å². The van der Waals surface area contributed by atoms with Gasteiger partial charge in [0.1, 0.15) is 0 Å². The third-order valence-corrected chi connectivity index (χ3v) is 5.17. The van der Waals surface area contributed by atoms with Crippen LogP contribution in [0.15, 0.2) is 0 Å². The first-order valence-corrected chi connectivity index (χ1v) is 8.18. The fourth-order valence-corrected chi connectivity index (χ4v) is 4.28. The number of anilines is 1. The molecule has 4 nitrogen and oxygen atoms in total. The molecule has 1 N–H and O–H groups in total. The number of rotatable bonds is 3. The maximum atomic E-state index is 5.52. The van der Waals surface area contributed by atoms with Crippen molar-refractivity contribution in [2.75, 3.05) is 31.2 Å². The van der Waals surface area contributed by atoms with Crippen molar-refractivity contribution in [1.29, 1.82) is 0 Å². The third-order valence-electron chi connectivity index (χ3n) is 4.01. The first kappa shape index (κ1) is 13.3. The van der Waals surface area contributed by atoms with Crippen LogP contribution < -0.4 is 10.2 Å². The minimum atomic E-state index is 0.443. The number of fused-ring (bicyclic) bond motifs is 1. The molecular weight excluding hydrogens is 258 g/mol. The van der Waals surface area contributed by atoms with E-state index in [-0.39, 0.29) is 0 Å². The van der Waals surface area contributed by atoms with Crippen LogP contribution in [0.5, 0.6) is 0 Å². The van der Waals surface area contributed by atoms with Gasteiger partial charge in [-0.05, 0) is 32.7 Å². The van der Waals surface area contributed by atoms with Crippen molar-refractivity contribution >= 4 is 16.5 Å². The summed E-state index contributed by atoms with van der Waals surface area (Å²) < 4.78 is 5.52. The molecule has 1 saturated heterocycles. The lowest BCUT2D eigenvalue weighted by molar-refractivity contribution is 0.0989. The normalized spacial score (nSPS) is 27.4. The van der Waals surface area contributed by atoms with Crippen LogP contribution >= 0.6 is 11.3 Å². The zero-order valence-electron chi connectivity index (χ0n) is 11.8. The Labute approximate surface area is 119 Å². The largest absolute Gasteiger partial charge is 0.377 e. The summed E-state index contributed by atoms with van der Waals surface area (Å²) in [6.45, 7) is 8.03. The van der Waals surface area contributed by atoms with Crippen LogP contribution in [0, 0.1) is 0 Å². The number of aryl methyl sites for hydroxylation is 1. The van der Waals surface area contributed by atoms with E-state index in [0.717, 1.165) is 26.3 Å². The Morgan fingerprint density at radius 1 is 1.53 bits per heavy atom. The number of thiazole rings is 1. The van der Waals surface area contributed by atoms with Crippen LogP contribution in [0.4, 0.5) is 5.13 Å². The van der Waals surface area contributed by atoms with E-state index in [1.54, 1.807) is 0 Å². The number of hydrogen-bond acceptors (Lipinski definition) is 5. The zero-order valence-corrected chi connectivity index (χ0v) is 12.6. The highest BCUT2D eigenvalue weighted by molar-refractivity contribution is 7.15. The Morgan fingerprint density at radius 3 is 3.21 bits per heavy atom. The van der Waals surface area contributed by atoms with Gasteiger partial charge < -0.3 is 15.0 Å². The molecule has 1 aromatic rings. The Hall–Kier alpha value is -0.650. The lowest BCUT2D eigenvalue weighted by atomic mass is 9.98. The SMILES string of the molecule is CCNC1CCCc2sc(N3CCOCC3C)nc21. The van der Waals surface area contributed by atoms with Gasteiger partial charge in [-0.25, -0.2) is 4.98 Å². The van der Waals surface area contributed by atoms with Gasteiger partial charge >= 0.3 is 0 Å². The van der Waals surface area contributed by atoms with Gasteiger partial charge in [-0.15, -0.1) is 11.3 Å². The minimum Gasteiger partial charge on any atom is -0.377 e. The highest BCUT2D eigenvalue weighted by Crippen LogP contribution is 2.37. The van der Waals surface area contributed by atoms with E-state index in [2.05, 4.69) is 24.1 Å². The highest BCUT2D eigenvalue weighted by Gasteiger charge is 2.28. The van der Waals surface area contributed by atoms with E-state index < -0.39 is 0 Å². The van der Waals surface area contributed by atoms with Crippen molar-refractivity contribution in [2.45, 2.75) is 45.2 Å².